The van der Waals surface area contributed by atoms with Crippen molar-refractivity contribution in [1.29, 1.82) is 0 Å². The molecule has 0 aromatic rings. The molecule has 5 heteroatoms. The summed E-state index contributed by atoms with van der Waals surface area (Å²) in [7, 11) is 2.54. The molecule has 0 bridgehead atoms. The van der Waals surface area contributed by atoms with E-state index in [9.17, 15) is 0 Å². The Hall–Kier alpha value is 1.87. The first-order valence-electron chi connectivity index (χ1n) is 5.41. The average molecular weight is 384 g/mol. The van der Waals surface area contributed by atoms with Crippen LogP contribution in [0.25, 0.3) is 0 Å². The van der Waals surface area contributed by atoms with Crippen molar-refractivity contribution in [2.45, 2.75) is 62.3 Å². The minimum atomic E-state index is -1.11. The summed E-state index contributed by atoms with van der Waals surface area (Å²) in [6.45, 7) is 13.6. The van der Waals surface area contributed by atoms with Gasteiger partial charge in [-0.3, -0.25) is 0 Å². The van der Waals surface area contributed by atoms with Crippen LogP contribution in [0.4, 0.5) is 0 Å². The Labute approximate surface area is 114 Å². The van der Waals surface area contributed by atoms with E-state index in [2.05, 4.69) is 70.7 Å². The van der Waals surface area contributed by atoms with Gasteiger partial charge in [-0.1, -0.05) is 39.3 Å². The van der Waals surface area contributed by atoms with Gasteiger partial charge in [0.2, 0.25) is 0 Å². The van der Waals surface area contributed by atoms with Crippen molar-refractivity contribution in [3.63, 3.8) is 0 Å². The minimum absolute atomic E-state index is 0.120. The normalized spacial score (nSPS) is 10.4. The molecule has 0 saturated carbocycles. The molecule has 0 aliphatic carbocycles. The third kappa shape index (κ3) is 88.6. The van der Waals surface area contributed by atoms with Crippen LogP contribution in [-0.2, 0) is 0 Å². The Kier molecular flexibility index (Phi) is 20.5. The zero-order valence-corrected chi connectivity index (χ0v) is 19.4. The maximum atomic E-state index is 2.46. The first-order chi connectivity index (χ1) is 6.52. The van der Waals surface area contributed by atoms with E-state index in [1.165, 1.54) is 0 Å². The molecule has 0 atom stereocenters. The molecule has 0 saturated heterocycles. The number of hydrogen-bond acceptors (Lipinski definition) is 1. The molecule has 92 valence electrons. The summed E-state index contributed by atoms with van der Waals surface area (Å²) in [6.07, 6.45) is 0. The molecule has 0 fully saturated rings. The van der Waals surface area contributed by atoms with Crippen LogP contribution in [-0.4, -0.2) is 44.0 Å². The summed E-state index contributed by atoms with van der Waals surface area (Å²) >= 11 is -0.698. The molecule has 0 aliphatic rings. The molecule has 0 nitrogen and oxygen atoms in total. The summed E-state index contributed by atoms with van der Waals surface area (Å²) in [5.74, 6) is 9.73. The second-order valence-corrected chi connectivity index (χ2v) is 37.8. The zero-order valence-electron chi connectivity index (χ0n) is 12.4. The van der Waals surface area contributed by atoms with Crippen molar-refractivity contribution in [3.8, 4) is 0 Å². The average Bonchev–Trinajstić information content (AvgIpc) is 1.79. The molecule has 0 aromatic heterocycles. The molecule has 0 aromatic carbocycles. The fourth-order valence-electron chi connectivity index (χ4n) is 0.306. The summed E-state index contributed by atoms with van der Waals surface area (Å²) < 4.78 is 0. The summed E-state index contributed by atoms with van der Waals surface area (Å²) in [4.78, 5) is 0. The van der Waals surface area contributed by atoms with Crippen molar-refractivity contribution >= 4 is 52.4 Å². The fraction of sp³-hybridized carbons (Fsp3) is 1.00. The summed E-state index contributed by atoms with van der Waals surface area (Å²) in [5.41, 5.74) is 0. The first-order valence-corrected chi connectivity index (χ1v) is 25.8. The van der Waals surface area contributed by atoms with Gasteiger partial charge in [-0.2, -0.15) is 0 Å². The topological polar surface area (TPSA) is 0 Å². The van der Waals surface area contributed by atoms with Crippen LogP contribution < -0.4 is 0 Å². The van der Waals surface area contributed by atoms with Crippen molar-refractivity contribution in [2.24, 2.45) is 0 Å². The molecule has 0 rings (SSSR count). The van der Waals surface area contributed by atoms with Gasteiger partial charge < -0.3 is 0 Å². The van der Waals surface area contributed by atoms with Crippen LogP contribution in [0.3, 0.4) is 0 Å². The third-order valence-electron chi connectivity index (χ3n) is 0.408. The Morgan fingerprint density at radius 3 is 1.00 bits per heavy atom. The van der Waals surface area contributed by atoms with Gasteiger partial charge in [0, 0.05) is 17.6 Å². The van der Waals surface area contributed by atoms with E-state index in [0.29, 0.717) is 14.3 Å². The van der Waals surface area contributed by atoms with Gasteiger partial charge in [0.15, 0.2) is 0 Å². The second kappa shape index (κ2) is 13.9. The van der Waals surface area contributed by atoms with Crippen LogP contribution in [0, 0.1) is 0 Å². The molecule has 4 radical (unpaired) electrons. The van der Waals surface area contributed by atoms with Crippen LogP contribution in [0.15, 0.2) is 0 Å². The van der Waals surface area contributed by atoms with Gasteiger partial charge in [0.05, 0.1) is 0 Å². The Balaban J connectivity index is -0.000000155. The van der Waals surface area contributed by atoms with E-state index in [0.717, 1.165) is 0 Å². The quantitative estimate of drug-likeness (QED) is 0.607. The van der Waals surface area contributed by atoms with Gasteiger partial charge in [-0.05, 0) is 0 Å². The third-order valence-corrected chi connectivity index (χ3v) is 33.1. The SMILES string of the molecule is C[Si](C)C.C[Si](C)C.[CH3][Ge][S][Ge]([CH3])([CH3])[CH3]. The van der Waals surface area contributed by atoms with Gasteiger partial charge in [-0.25, -0.2) is 0 Å². The van der Waals surface area contributed by atoms with E-state index in [4.69, 9.17) is 0 Å². The van der Waals surface area contributed by atoms with Crippen LogP contribution in [0.1, 0.15) is 0 Å². The van der Waals surface area contributed by atoms with Crippen molar-refractivity contribution in [2.75, 3.05) is 0 Å². The zero-order chi connectivity index (χ0) is 13.1. The predicted molar refractivity (Wildman–Crippen MR) is 89.2 cm³/mol. The van der Waals surface area contributed by atoms with Crippen molar-refractivity contribution < 1.29 is 0 Å². The molecular weight excluding hydrogens is 354 g/mol. The van der Waals surface area contributed by atoms with Gasteiger partial charge in [-0.15, -0.1) is 0 Å². The Bertz CT molecular complexity index is 103. The van der Waals surface area contributed by atoms with Gasteiger partial charge >= 0.3 is 57.9 Å². The van der Waals surface area contributed by atoms with E-state index in [1.807, 2.05) is 0 Å². The molecule has 15 heavy (non-hydrogen) atoms. The fourth-order valence-corrected chi connectivity index (χ4v) is 24.8. The molecule has 0 heterocycles. The number of hydrogen-bond donors (Lipinski definition) is 0. The predicted octanol–water partition coefficient (Wildman–Crippen LogP) is 4.96. The standard InChI is InChI=1S/C4H12Ge2S.2C3H9Si/c1-5-7-6(2,3)4;2*1-4(2)3/h1-4H3;2*1-3H3. The van der Waals surface area contributed by atoms with Gasteiger partial charge in [0.25, 0.3) is 0 Å². The van der Waals surface area contributed by atoms with Crippen LogP contribution in [0.5, 0.6) is 0 Å². The number of rotatable bonds is 2. The van der Waals surface area contributed by atoms with Crippen molar-refractivity contribution in [1.82, 2.24) is 0 Å². The van der Waals surface area contributed by atoms with Crippen LogP contribution in [0.2, 0.25) is 62.3 Å². The molecular formula is C10H30Ge2SSi2. The first kappa shape index (κ1) is 22.1. The van der Waals surface area contributed by atoms with Crippen molar-refractivity contribution in [3.05, 3.63) is 0 Å². The molecule has 0 amide bonds. The van der Waals surface area contributed by atoms with Crippen LogP contribution >= 0.6 is 8.41 Å². The second-order valence-electron chi connectivity index (χ2n) is 5.42. The molecule has 0 spiro atoms. The Morgan fingerprint density at radius 2 is 1.00 bits per heavy atom. The summed E-state index contributed by atoms with van der Waals surface area (Å²) in [5, 5.41) is 0. The van der Waals surface area contributed by atoms with E-state index >= 15 is 0 Å². The van der Waals surface area contributed by atoms with Gasteiger partial charge in [0.1, 0.15) is 0 Å². The monoisotopic (exact) mass is 386 g/mol. The Morgan fingerprint density at radius 1 is 0.800 bits per heavy atom. The molecule has 0 unspecified atom stereocenters. The maximum absolute atomic E-state index is 2.46. The molecule has 0 aliphatic heterocycles. The summed E-state index contributed by atoms with van der Waals surface area (Å²) in [6, 6.07) is 0. The van der Waals surface area contributed by atoms with E-state index < -0.39 is 12.1 Å². The molecule has 0 N–H and O–H groups in total. The van der Waals surface area contributed by atoms with E-state index in [-0.39, 0.29) is 17.6 Å². The van der Waals surface area contributed by atoms with E-state index in [1.54, 1.807) is 0 Å².